The van der Waals surface area contributed by atoms with Crippen molar-refractivity contribution in [3.05, 3.63) is 76.7 Å². The summed E-state index contributed by atoms with van der Waals surface area (Å²) in [4.78, 5) is 26.9. The van der Waals surface area contributed by atoms with Gasteiger partial charge in [0.25, 0.3) is 11.6 Å². The Morgan fingerprint density at radius 1 is 1.19 bits per heavy atom. The maximum atomic E-state index is 11.8. The summed E-state index contributed by atoms with van der Waals surface area (Å²) in [5.41, 5.74) is 2.25. The first-order valence-electron chi connectivity index (χ1n) is 8.67. The third-order valence-corrected chi connectivity index (χ3v) is 4.43. The monoisotopic (exact) mass is 362 g/mol. The Balaban J connectivity index is 1.42. The molecule has 2 heterocycles. The van der Waals surface area contributed by atoms with E-state index in [4.69, 9.17) is 9.47 Å². The molecule has 27 heavy (non-hydrogen) atoms. The highest BCUT2D eigenvalue weighted by Crippen LogP contribution is 2.26. The second kappa shape index (κ2) is 7.07. The number of benzene rings is 2. The van der Waals surface area contributed by atoms with Crippen molar-refractivity contribution in [2.75, 3.05) is 6.61 Å². The van der Waals surface area contributed by atoms with E-state index < -0.39 is 0 Å². The van der Waals surface area contributed by atoms with Gasteiger partial charge >= 0.3 is 0 Å². The molecule has 1 atom stereocenters. The third-order valence-electron chi connectivity index (χ3n) is 4.43. The summed E-state index contributed by atoms with van der Waals surface area (Å²) >= 11 is 0. The zero-order chi connectivity index (χ0) is 18.8. The molecule has 0 saturated heterocycles. The van der Waals surface area contributed by atoms with Crippen LogP contribution in [0.4, 0.5) is 0 Å². The molecule has 0 amide bonds. The SMILES string of the molecule is CC(=O)c1ccccc1-c1ccc(OC[C@@H]2Cn3ccc(=O)nc3O2)cc1. The molecule has 0 N–H and O–H groups in total. The molecule has 136 valence electrons. The zero-order valence-electron chi connectivity index (χ0n) is 14.8. The number of hydrogen-bond donors (Lipinski definition) is 0. The molecule has 4 rings (SSSR count). The lowest BCUT2D eigenvalue weighted by Gasteiger charge is -2.12. The van der Waals surface area contributed by atoms with E-state index in [0.717, 1.165) is 11.1 Å². The lowest BCUT2D eigenvalue weighted by molar-refractivity contribution is 0.101. The topological polar surface area (TPSA) is 70.4 Å². The normalized spacial score (nSPS) is 15.1. The van der Waals surface area contributed by atoms with E-state index in [1.165, 1.54) is 6.07 Å². The first kappa shape index (κ1) is 17.0. The fraction of sp³-hybridized carbons (Fsp3) is 0.190. The molecule has 1 aliphatic heterocycles. The van der Waals surface area contributed by atoms with Gasteiger partial charge in [-0.15, -0.1) is 0 Å². The molecule has 6 nitrogen and oxygen atoms in total. The zero-order valence-corrected chi connectivity index (χ0v) is 14.8. The van der Waals surface area contributed by atoms with E-state index in [1.807, 2.05) is 48.5 Å². The second-order valence-electron chi connectivity index (χ2n) is 6.38. The number of ketones is 1. The van der Waals surface area contributed by atoms with Crippen molar-refractivity contribution >= 4 is 5.78 Å². The van der Waals surface area contributed by atoms with E-state index in [-0.39, 0.29) is 17.4 Å². The van der Waals surface area contributed by atoms with Crippen LogP contribution in [-0.2, 0) is 6.54 Å². The number of Topliss-reactive ketones (excluding diaryl/α,β-unsaturated/α-hetero) is 1. The summed E-state index contributed by atoms with van der Waals surface area (Å²) in [5, 5.41) is 0. The molecular formula is C21H18N2O4. The number of ether oxygens (including phenoxy) is 2. The first-order chi connectivity index (χ1) is 13.1. The highest BCUT2D eigenvalue weighted by atomic mass is 16.6. The van der Waals surface area contributed by atoms with Crippen LogP contribution in [0.3, 0.4) is 0 Å². The first-order valence-corrected chi connectivity index (χ1v) is 8.67. The van der Waals surface area contributed by atoms with E-state index in [2.05, 4.69) is 4.98 Å². The van der Waals surface area contributed by atoms with Crippen molar-refractivity contribution in [2.45, 2.75) is 19.6 Å². The van der Waals surface area contributed by atoms with Crippen molar-refractivity contribution in [3.63, 3.8) is 0 Å². The van der Waals surface area contributed by atoms with Crippen molar-refractivity contribution in [3.8, 4) is 22.9 Å². The van der Waals surface area contributed by atoms with Gasteiger partial charge in [-0.25, -0.2) is 0 Å². The van der Waals surface area contributed by atoms with E-state index in [0.29, 0.717) is 30.5 Å². The Labute approximate surface area is 156 Å². The predicted octanol–water partition coefficient (Wildman–Crippen LogP) is 2.95. The van der Waals surface area contributed by atoms with Crippen molar-refractivity contribution in [1.29, 1.82) is 0 Å². The lowest BCUT2D eigenvalue weighted by Crippen LogP contribution is -2.23. The molecule has 0 saturated carbocycles. The van der Waals surface area contributed by atoms with Crippen molar-refractivity contribution in [2.24, 2.45) is 0 Å². The van der Waals surface area contributed by atoms with Gasteiger partial charge in [0.1, 0.15) is 12.4 Å². The number of hydrogen-bond acceptors (Lipinski definition) is 5. The number of carbonyl (C=O) groups is 1. The van der Waals surface area contributed by atoms with Crippen LogP contribution in [0, 0.1) is 0 Å². The van der Waals surface area contributed by atoms with Gasteiger partial charge < -0.3 is 9.47 Å². The van der Waals surface area contributed by atoms with Crippen molar-refractivity contribution < 1.29 is 14.3 Å². The van der Waals surface area contributed by atoms with E-state index in [1.54, 1.807) is 17.7 Å². The van der Waals surface area contributed by atoms with Gasteiger partial charge in [-0.05, 0) is 30.2 Å². The number of rotatable bonds is 5. The minimum Gasteiger partial charge on any atom is -0.490 e. The van der Waals surface area contributed by atoms with Crippen LogP contribution in [0.2, 0.25) is 0 Å². The van der Waals surface area contributed by atoms with Crippen LogP contribution in [0.5, 0.6) is 11.8 Å². The molecule has 0 bridgehead atoms. The number of aromatic nitrogens is 2. The number of nitrogens with zero attached hydrogens (tertiary/aromatic N) is 2. The largest absolute Gasteiger partial charge is 0.490 e. The fourth-order valence-corrected chi connectivity index (χ4v) is 3.10. The van der Waals surface area contributed by atoms with Gasteiger partial charge in [0.05, 0.1) is 6.54 Å². The van der Waals surface area contributed by atoms with Gasteiger partial charge in [-0.1, -0.05) is 36.4 Å². The van der Waals surface area contributed by atoms with Crippen LogP contribution >= 0.6 is 0 Å². The minimum atomic E-state index is -0.316. The smallest absolute Gasteiger partial charge is 0.300 e. The summed E-state index contributed by atoms with van der Waals surface area (Å²) in [6.45, 7) is 2.51. The van der Waals surface area contributed by atoms with Gasteiger partial charge in [0.15, 0.2) is 11.9 Å². The summed E-state index contributed by atoms with van der Waals surface area (Å²) in [6, 6.07) is 16.9. The molecule has 6 heteroatoms. The van der Waals surface area contributed by atoms with Crippen LogP contribution in [-0.4, -0.2) is 28.0 Å². The molecule has 1 aromatic heterocycles. The molecule has 1 aliphatic rings. The maximum absolute atomic E-state index is 11.8. The number of carbonyl (C=O) groups excluding carboxylic acids is 1. The summed E-state index contributed by atoms with van der Waals surface area (Å²) in [5.74, 6) is 0.748. The Kier molecular flexibility index (Phi) is 4.46. The second-order valence-corrected chi connectivity index (χ2v) is 6.38. The van der Waals surface area contributed by atoms with Crippen LogP contribution < -0.4 is 15.0 Å². The Morgan fingerprint density at radius 3 is 2.74 bits per heavy atom. The molecule has 0 unspecified atom stereocenters. The van der Waals surface area contributed by atoms with Crippen LogP contribution in [0.1, 0.15) is 17.3 Å². The van der Waals surface area contributed by atoms with E-state index >= 15 is 0 Å². The molecule has 0 fully saturated rings. The molecular weight excluding hydrogens is 344 g/mol. The molecule has 0 aliphatic carbocycles. The summed E-state index contributed by atoms with van der Waals surface area (Å²) in [7, 11) is 0. The highest BCUT2D eigenvalue weighted by Gasteiger charge is 2.23. The third kappa shape index (κ3) is 3.60. The van der Waals surface area contributed by atoms with Crippen molar-refractivity contribution in [1.82, 2.24) is 9.55 Å². The van der Waals surface area contributed by atoms with Gasteiger partial charge in [0.2, 0.25) is 0 Å². The Bertz CT molecular complexity index is 1040. The van der Waals surface area contributed by atoms with Crippen LogP contribution in [0.25, 0.3) is 11.1 Å². The summed E-state index contributed by atoms with van der Waals surface area (Å²) < 4.78 is 13.2. The molecule has 3 aromatic rings. The lowest BCUT2D eigenvalue weighted by atomic mass is 9.97. The standard InChI is InChI=1S/C21H18N2O4/c1-14(24)18-4-2-3-5-19(18)15-6-8-16(9-7-15)26-13-17-12-23-11-10-20(25)22-21(23)27-17/h2-11,17H,12-13H2,1H3/t17-/m0/s1. The fourth-order valence-electron chi connectivity index (χ4n) is 3.10. The van der Waals surface area contributed by atoms with Gasteiger partial charge in [-0.3, -0.25) is 14.2 Å². The average Bonchev–Trinajstić information content (AvgIpc) is 3.09. The van der Waals surface area contributed by atoms with Crippen LogP contribution in [0.15, 0.2) is 65.6 Å². The predicted molar refractivity (Wildman–Crippen MR) is 100 cm³/mol. The summed E-state index contributed by atoms with van der Waals surface area (Å²) in [6.07, 6.45) is 1.48. The molecule has 2 aromatic carbocycles. The minimum absolute atomic E-state index is 0.0382. The van der Waals surface area contributed by atoms with Gasteiger partial charge in [-0.2, -0.15) is 4.98 Å². The maximum Gasteiger partial charge on any atom is 0.300 e. The highest BCUT2D eigenvalue weighted by molar-refractivity contribution is 6.00. The van der Waals surface area contributed by atoms with E-state index in [9.17, 15) is 9.59 Å². The molecule has 0 spiro atoms. The Morgan fingerprint density at radius 2 is 1.96 bits per heavy atom. The Hall–Kier alpha value is -3.41. The van der Waals surface area contributed by atoms with Gasteiger partial charge in [0, 0.05) is 17.8 Å². The average molecular weight is 362 g/mol. The molecule has 0 radical (unpaired) electrons. The number of fused-ring (bicyclic) bond motifs is 1. The quantitative estimate of drug-likeness (QED) is 0.653.